The average molecular weight is 462 g/mol. The van der Waals surface area contributed by atoms with Crippen molar-refractivity contribution in [2.75, 3.05) is 25.8 Å². The van der Waals surface area contributed by atoms with Gasteiger partial charge in [-0.15, -0.1) is 0 Å². The zero-order valence-corrected chi connectivity index (χ0v) is 18.2. The van der Waals surface area contributed by atoms with E-state index >= 15 is 0 Å². The summed E-state index contributed by atoms with van der Waals surface area (Å²) in [6.45, 7) is 0.976. The summed E-state index contributed by atoms with van der Waals surface area (Å²) in [4.78, 5) is 70.4. The van der Waals surface area contributed by atoms with Crippen LogP contribution >= 0.6 is 7.60 Å². The number of unbranched alkanes of at least 4 members (excludes halogenated alkanes) is 1. The number of hydrogen-bond donors (Lipinski definition) is 5. The van der Waals surface area contributed by atoms with Crippen LogP contribution in [0, 0.1) is 0 Å². The van der Waals surface area contributed by atoms with E-state index in [1.54, 1.807) is 0 Å². The largest absolute Gasteiger partial charge is 0.480 e. The predicted molar refractivity (Wildman–Crippen MR) is 109 cm³/mol. The van der Waals surface area contributed by atoms with Crippen LogP contribution < -0.4 is 11.1 Å². The second-order valence-corrected chi connectivity index (χ2v) is 9.59. The highest BCUT2D eigenvalue weighted by molar-refractivity contribution is 7.52. The molecule has 2 saturated heterocycles. The third-order valence-corrected chi connectivity index (χ3v) is 6.27. The molecule has 2 rings (SSSR count). The third-order valence-electron chi connectivity index (χ3n) is 5.57. The highest BCUT2D eigenvalue weighted by Gasteiger charge is 2.43. The number of hydrogen-bond acceptors (Lipinski definition) is 6. The second-order valence-electron chi connectivity index (χ2n) is 7.94. The number of aliphatic carboxylic acids is 1. The van der Waals surface area contributed by atoms with Gasteiger partial charge in [0.05, 0.1) is 0 Å². The van der Waals surface area contributed by atoms with E-state index in [0.29, 0.717) is 51.6 Å². The zero-order valence-electron chi connectivity index (χ0n) is 17.3. The molecule has 12 nitrogen and oxygen atoms in total. The molecule has 3 atom stereocenters. The molecule has 0 aliphatic carbocycles. The lowest BCUT2D eigenvalue weighted by Gasteiger charge is -2.32. The molecule has 0 aromatic carbocycles. The molecule has 31 heavy (non-hydrogen) atoms. The van der Waals surface area contributed by atoms with Gasteiger partial charge in [0, 0.05) is 13.1 Å². The van der Waals surface area contributed by atoms with Crippen molar-refractivity contribution in [2.24, 2.45) is 5.73 Å². The van der Waals surface area contributed by atoms with Crippen LogP contribution in [0.1, 0.15) is 44.9 Å². The summed E-state index contributed by atoms with van der Waals surface area (Å²) in [5, 5.41) is 11.7. The second kappa shape index (κ2) is 11.0. The minimum absolute atomic E-state index is 0.210. The molecule has 2 aliphatic rings. The molecule has 0 bridgehead atoms. The van der Waals surface area contributed by atoms with Gasteiger partial charge in [-0.05, 0) is 51.5 Å². The molecule has 0 radical (unpaired) electrons. The van der Waals surface area contributed by atoms with Crippen molar-refractivity contribution >= 4 is 31.3 Å². The van der Waals surface area contributed by atoms with Crippen LogP contribution in [0.3, 0.4) is 0 Å². The Morgan fingerprint density at radius 3 is 2.23 bits per heavy atom. The number of nitrogens with two attached hydrogens (primary N) is 1. The number of likely N-dealkylation sites (tertiary alicyclic amines) is 2. The van der Waals surface area contributed by atoms with E-state index in [4.69, 9.17) is 15.5 Å². The first kappa shape index (κ1) is 25.3. The number of nitrogens with zero attached hydrogens (tertiary/aromatic N) is 2. The van der Waals surface area contributed by atoms with E-state index in [0.717, 1.165) is 0 Å². The fourth-order valence-corrected chi connectivity index (χ4v) is 4.61. The van der Waals surface area contributed by atoms with Crippen LogP contribution in [0.15, 0.2) is 0 Å². The van der Waals surface area contributed by atoms with Gasteiger partial charge in [0.25, 0.3) is 0 Å². The Bertz CT molecular complexity index is 742. The Hall–Kier alpha value is -2.01. The maximum atomic E-state index is 13.2. The summed E-state index contributed by atoms with van der Waals surface area (Å²) in [6.07, 6.45) is 2.15. The average Bonchev–Trinajstić information content (AvgIpc) is 3.34. The molecule has 6 N–H and O–H groups in total. The van der Waals surface area contributed by atoms with Crippen molar-refractivity contribution in [3.8, 4) is 0 Å². The van der Waals surface area contributed by atoms with Crippen molar-refractivity contribution in [3.63, 3.8) is 0 Å². The van der Waals surface area contributed by atoms with Gasteiger partial charge in [0.15, 0.2) is 0 Å². The molecule has 3 amide bonds. The lowest BCUT2D eigenvalue weighted by Crippen LogP contribution is -2.55. The first-order valence-corrected chi connectivity index (χ1v) is 12.2. The topological polar surface area (TPSA) is 191 Å². The molecule has 0 saturated carbocycles. The minimum atomic E-state index is -4.60. The van der Waals surface area contributed by atoms with E-state index < -0.39 is 55.6 Å². The molecule has 13 heteroatoms. The number of carbonyl (C=O) groups excluding carboxylic acids is 3. The van der Waals surface area contributed by atoms with Gasteiger partial charge < -0.3 is 35.7 Å². The Balaban J connectivity index is 2.13. The summed E-state index contributed by atoms with van der Waals surface area (Å²) < 4.78 is 11.1. The van der Waals surface area contributed by atoms with Crippen LogP contribution in [-0.4, -0.2) is 92.3 Å². The van der Waals surface area contributed by atoms with E-state index in [1.165, 1.54) is 9.80 Å². The van der Waals surface area contributed by atoms with Crippen molar-refractivity contribution in [1.82, 2.24) is 15.1 Å². The number of carboxylic acids is 1. The van der Waals surface area contributed by atoms with Gasteiger partial charge in [-0.1, -0.05) is 0 Å². The number of carbonyl (C=O) groups is 4. The summed E-state index contributed by atoms with van der Waals surface area (Å²) in [7, 11) is -4.60. The number of carboxylic acid groups (broad SMARTS) is 1. The normalized spacial score (nSPS) is 22.4. The molecular formula is C18H31N4O8P. The molecule has 0 unspecified atom stereocenters. The molecule has 0 spiro atoms. The maximum absolute atomic E-state index is 13.2. The highest BCUT2D eigenvalue weighted by atomic mass is 31.2. The fourth-order valence-electron chi connectivity index (χ4n) is 4.14. The monoisotopic (exact) mass is 462 g/mol. The molecule has 2 heterocycles. The van der Waals surface area contributed by atoms with Gasteiger partial charge >= 0.3 is 13.6 Å². The van der Waals surface area contributed by atoms with E-state index in [2.05, 4.69) is 5.32 Å². The number of nitrogens with one attached hydrogen (secondary N) is 1. The van der Waals surface area contributed by atoms with Crippen LogP contribution in [0.4, 0.5) is 0 Å². The maximum Gasteiger partial charge on any atom is 0.334 e. The van der Waals surface area contributed by atoms with Crippen LogP contribution in [0.5, 0.6) is 0 Å². The SMILES string of the molecule is NCCCC[C@H](NC(=O)CP(=O)(O)O)C(=O)N1CCC[C@H]1C(=O)N1CCC[C@H]1C(=O)O. The Labute approximate surface area is 180 Å². The standard InChI is InChI=1S/C18H31N4O8P/c19-8-2-1-5-12(20-15(23)11-31(28,29)30)16(24)21-9-3-6-13(21)17(25)22-10-4-7-14(22)18(26)27/h12-14H,1-11,19H2,(H,20,23)(H,26,27)(H2,28,29,30)/t12-,13-,14-/m0/s1. The summed E-state index contributed by atoms with van der Waals surface area (Å²) in [5.74, 6) is -2.96. The van der Waals surface area contributed by atoms with Gasteiger partial charge in [0.2, 0.25) is 17.7 Å². The number of rotatable bonds is 10. The zero-order chi connectivity index (χ0) is 23.2. The first-order chi connectivity index (χ1) is 14.5. The molecule has 0 aromatic heterocycles. The minimum Gasteiger partial charge on any atom is -0.480 e. The van der Waals surface area contributed by atoms with E-state index in [9.17, 15) is 28.8 Å². The van der Waals surface area contributed by atoms with Crippen molar-refractivity contribution < 1.29 is 38.6 Å². The van der Waals surface area contributed by atoms with Crippen molar-refractivity contribution in [2.45, 2.75) is 63.1 Å². The van der Waals surface area contributed by atoms with Crippen molar-refractivity contribution in [3.05, 3.63) is 0 Å². The first-order valence-electron chi connectivity index (χ1n) is 10.4. The Morgan fingerprint density at radius 1 is 1.03 bits per heavy atom. The highest BCUT2D eigenvalue weighted by Crippen LogP contribution is 2.33. The predicted octanol–water partition coefficient (Wildman–Crippen LogP) is -1.16. The van der Waals surface area contributed by atoms with Crippen molar-refractivity contribution in [1.29, 1.82) is 0 Å². The lowest BCUT2D eigenvalue weighted by atomic mass is 10.1. The Kier molecular flexibility index (Phi) is 8.99. The molecule has 176 valence electrons. The Morgan fingerprint density at radius 2 is 1.65 bits per heavy atom. The molecule has 0 aromatic rings. The van der Waals surface area contributed by atoms with Crippen LogP contribution in [0.2, 0.25) is 0 Å². The van der Waals surface area contributed by atoms with Gasteiger partial charge in [-0.25, -0.2) is 4.79 Å². The smallest absolute Gasteiger partial charge is 0.334 e. The van der Waals surface area contributed by atoms with Crippen LogP contribution in [0.25, 0.3) is 0 Å². The van der Waals surface area contributed by atoms with Crippen LogP contribution in [-0.2, 0) is 23.7 Å². The quantitative estimate of drug-likeness (QED) is 0.197. The summed E-state index contributed by atoms with van der Waals surface area (Å²) >= 11 is 0. The van der Waals surface area contributed by atoms with E-state index in [-0.39, 0.29) is 13.0 Å². The van der Waals surface area contributed by atoms with Gasteiger partial charge in [0.1, 0.15) is 24.3 Å². The summed E-state index contributed by atoms with van der Waals surface area (Å²) in [5.41, 5.74) is 5.48. The van der Waals surface area contributed by atoms with E-state index in [1.807, 2.05) is 0 Å². The fraction of sp³-hybridized carbons (Fsp3) is 0.778. The molecule has 2 aliphatic heterocycles. The van der Waals surface area contributed by atoms with Gasteiger partial charge in [-0.3, -0.25) is 18.9 Å². The summed E-state index contributed by atoms with van der Waals surface area (Å²) in [6, 6.07) is -2.77. The third kappa shape index (κ3) is 6.99. The van der Waals surface area contributed by atoms with Gasteiger partial charge in [-0.2, -0.15) is 0 Å². The number of amides is 3. The lowest BCUT2D eigenvalue weighted by molar-refractivity contribution is -0.152. The molecule has 2 fully saturated rings. The molecular weight excluding hydrogens is 431 g/mol.